The van der Waals surface area contributed by atoms with Crippen molar-refractivity contribution in [2.45, 2.75) is 13.8 Å². The van der Waals surface area contributed by atoms with Crippen molar-refractivity contribution in [3.63, 3.8) is 0 Å². The highest BCUT2D eigenvalue weighted by Gasteiger charge is 2.21. The van der Waals surface area contributed by atoms with Crippen molar-refractivity contribution in [3.8, 4) is 0 Å². The van der Waals surface area contributed by atoms with Gasteiger partial charge in [0.05, 0.1) is 24.2 Å². The number of hydrogen-bond acceptors (Lipinski definition) is 6. The van der Waals surface area contributed by atoms with Crippen LogP contribution in [-0.4, -0.2) is 44.3 Å². The molecule has 0 atom stereocenters. The van der Waals surface area contributed by atoms with E-state index in [1.165, 1.54) is 25.3 Å². The SMILES string of the molecule is CCOCCN(CC)c1cc(C(=O)OC)ccc1[N+](=O)[O-]. The van der Waals surface area contributed by atoms with Crippen LogP contribution in [0.4, 0.5) is 11.4 Å². The number of nitro benzene ring substituents is 1. The fraction of sp³-hybridized carbons (Fsp3) is 0.500. The zero-order chi connectivity index (χ0) is 15.8. The summed E-state index contributed by atoms with van der Waals surface area (Å²) >= 11 is 0. The average molecular weight is 296 g/mol. The molecule has 0 bridgehead atoms. The van der Waals surface area contributed by atoms with E-state index in [0.717, 1.165) is 0 Å². The van der Waals surface area contributed by atoms with Crippen molar-refractivity contribution in [2.75, 3.05) is 38.3 Å². The summed E-state index contributed by atoms with van der Waals surface area (Å²) in [6.45, 7) is 5.90. The van der Waals surface area contributed by atoms with E-state index in [0.29, 0.717) is 32.0 Å². The number of benzene rings is 1. The molecule has 116 valence electrons. The highest BCUT2D eigenvalue weighted by atomic mass is 16.6. The first kappa shape index (κ1) is 16.9. The number of rotatable bonds is 8. The Morgan fingerprint density at radius 2 is 2.10 bits per heavy atom. The van der Waals surface area contributed by atoms with Crippen molar-refractivity contribution < 1.29 is 19.2 Å². The molecule has 0 saturated carbocycles. The molecule has 0 aliphatic carbocycles. The van der Waals surface area contributed by atoms with Gasteiger partial charge >= 0.3 is 5.97 Å². The Balaban J connectivity index is 3.14. The summed E-state index contributed by atoms with van der Waals surface area (Å²) in [4.78, 5) is 24.1. The van der Waals surface area contributed by atoms with E-state index >= 15 is 0 Å². The monoisotopic (exact) mass is 296 g/mol. The van der Waals surface area contributed by atoms with E-state index in [1.807, 2.05) is 13.8 Å². The number of carbonyl (C=O) groups excluding carboxylic acids is 1. The second-order valence-corrected chi connectivity index (χ2v) is 4.23. The maximum atomic E-state index is 11.6. The number of methoxy groups -OCH3 is 1. The topological polar surface area (TPSA) is 81.9 Å². The predicted octanol–water partition coefficient (Wildman–Crippen LogP) is 2.24. The lowest BCUT2D eigenvalue weighted by Gasteiger charge is -2.23. The third-order valence-electron chi connectivity index (χ3n) is 3.03. The Morgan fingerprint density at radius 3 is 2.62 bits per heavy atom. The summed E-state index contributed by atoms with van der Waals surface area (Å²) in [7, 11) is 1.27. The Kier molecular flexibility index (Phi) is 6.61. The average Bonchev–Trinajstić information content (AvgIpc) is 2.50. The molecule has 0 aliphatic heterocycles. The minimum Gasteiger partial charge on any atom is -0.465 e. The van der Waals surface area contributed by atoms with Crippen LogP contribution in [0.5, 0.6) is 0 Å². The lowest BCUT2D eigenvalue weighted by molar-refractivity contribution is -0.384. The lowest BCUT2D eigenvalue weighted by atomic mass is 10.1. The van der Waals surface area contributed by atoms with Gasteiger partial charge in [0.2, 0.25) is 0 Å². The maximum Gasteiger partial charge on any atom is 0.337 e. The smallest absolute Gasteiger partial charge is 0.337 e. The summed E-state index contributed by atoms with van der Waals surface area (Å²) in [6, 6.07) is 4.20. The van der Waals surface area contributed by atoms with Crippen molar-refractivity contribution in [1.29, 1.82) is 0 Å². The number of anilines is 1. The van der Waals surface area contributed by atoms with Crippen molar-refractivity contribution >= 4 is 17.3 Å². The van der Waals surface area contributed by atoms with Crippen LogP contribution in [0.1, 0.15) is 24.2 Å². The molecule has 0 aromatic heterocycles. The minimum absolute atomic E-state index is 0.0407. The molecule has 0 radical (unpaired) electrons. The van der Waals surface area contributed by atoms with E-state index in [4.69, 9.17) is 4.74 Å². The highest BCUT2D eigenvalue weighted by molar-refractivity contribution is 5.91. The molecule has 0 saturated heterocycles. The number of esters is 1. The van der Waals surface area contributed by atoms with Gasteiger partial charge < -0.3 is 14.4 Å². The van der Waals surface area contributed by atoms with Gasteiger partial charge in [0, 0.05) is 25.8 Å². The van der Waals surface area contributed by atoms with Gasteiger partial charge in [-0.3, -0.25) is 10.1 Å². The molecule has 7 heteroatoms. The summed E-state index contributed by atoms with van der Waals surface area (Å²) < 4.78 is 9.93. The largest absolute Gasteiger partial charge is 0.465 e. The summed E-state index contributed by atoms with van der Waals surface area (Å²) in [5.41, 5.74) is 0.638. The van der Waals surface area contributed by atoms with E-state index in [-0.39, 0.29) is 11.3 Å². The van der Waals surface area contributed by atoms with Gasteiger partial charge in [0.25, 0.3) is 5.69 Å². The van der Waals surface area contributed by atoms with Crippen molar-refractivity contribution in [1.82, 2.24) is 0 Å². The molecule has 0 spiro atoms. The molecule has 0 N–H and O–H groups in total. The number of nitro groups is 1. The van der Waals surface area contributed by atoms with Crippen LogP contribution in [-0.2, 0) is 9.47 Å². The Bertz CT molecular complexity index is 504. The number of hydrogen-bond donors (Lipinski definition) is 0. The predicted molar refractivity (Wildman–Crippen MR) is 78.8 cm³/mol. The minimum atomic E-state index is -0.521. The molecular formula is C14H20N2O5. The second kappa shape index (κ2) is 8.21. The number of carbonyl (C=O) groups is 1. The molecule has 1 aromatic carbocycles. The summed E-state index contributed by atoms with van der Waals surface area (Å²) in [5.74, 6) is -0.521. The van der Waals surface area contributed by atoms with Crippen LogP contribution in [0.15, 0.2) is 18.2 Å². The zero-order valence-corrected chi connectivity index (χ0v) is 12.5. The summed E-state index contributed by atoms with van der Waals surface area (Å²) in [6.07, 6.45) is 0. The van der Waals surface area contributed by atoms with Gasteiger partial charge in [-0.1, -0.05) is 0 Å². The molecule has 0 aliphatic rings. The fourth-order valence-corrected chi connectivity index (χ4v) is 1.94. The molecule has 0 fully saturated rings. The van der Waals surface area contributed by atoms with Crippen LogP contribution < -0.4 is 4.90 Å². The number of nitrogens with zero attached hydrogens (tertiary/aromatic N) is 2. The first-order valence-corrected chi connectivity index (χ1v) is 6.74. The van der Waals surface area contributed by atoms with E-state index in [2.05, 4.69) is 4.74 Å². The van der Waals surface area contributed by atoms with Crippen LogP contribution in [0, 0.1) is 10.1 Å². The molecule has 1 aromatic rings. The molecule has 1 rings (SSSR count). The zero-order valence-electron chi connectivity index (χ0n) is 12.5. The van der Waals surface area contributed by atoms with Gasteiger partial charge in [-0.05, 0) is 26.0 Å². The van der Waals surface area contributed by atoms with E-state index < -0.39 is 10.9 Å². The number of likely N-dealkylation sites (N-methyl/N-ethyl adjacent to an activating group) is 1. The quantitative estimate of drug-likeness (QED) is 0.317. The molecule has 21 heavy (non-hydrogen) atoms. The Hall–Kier alpha value is -2.15. The molecule has 0 heterocycles. The van der Waals surface area contributed by atoms with Gasteiger partial charge in [0.15, 0.2) is 0 Å². The molecule has 0 amide bonds. The number of ether oxygens (including phenoxy) is 2. The van der Waals surface area contributed by atoms with E-state index in [9.17, 15) is 14.9 Å². The first-order valence-electron chi connectivity index (χ1n) is 6.74. The summed E-state index contributed by atoms with van der Waals surface area (Å²) in [5, 5.41) is 11.2. The highest BCUT2D eigenvalue weighted by Crippen LogP contribution is 2.29. The van der Waals surface area contributed by atoms with Gasteiger partial charge in [0.1, 0.15) is 5.69 Å². The van der Waals surface area contributed by atoms with Crippen LogP contribution in [0.3, 0.4) is 0 Å². The van der Waals surface area contributed by atoms with Crippen LogP contribution in [0.2, 0.25) is 0 Å². The second-order valence-electron chi connectivity index (χ2n) is 4.23. The van der Waals surface area contributed by atoms with Crippen molar-refractivity contribution in [2.24, 2.45) is 0 Å². The molecule has 7 nitrogen and oxygen atoms in total. The van der Waals surface area contributed by atoms with Gasteiger partial charge in [-0.25, -0.2) is 4.79 Å². The van der Waals surface area contributed by atoms with Crippen LogP contribution in [0.25, 0.3) is 0 Å². The standard InChI is InChI=1S/C14H20N2O5/c1-4-15(8-9-21-5-2)13-10-11(14(17)20-3)6-7-12(13)16(18)19/h6-7,10H,4-5,8-9H2,1-3H3. The van der Waals surface area contributed by atoms with E-state index in [1.54, 1.807) is 4.90 Å². The van der Waals surface area contributed by atoms with Crippen LogP contribution >= 0.6 is 0 Å². The molecular weight excluding hydrogens is 276 g/mol. The third-order valence-corrected chi connectivity index (χ3v) is 3.03. The Labute approximate surface area is 123 Å². The van der Waals surface area contributed by atoms with Gasteiger partial charge in [-0.15, -0.1) is 0 Å². The molecule has 0 unspecified atom stereocenters. The maximum absolute atomic E-state index is 11.6. The normalized spacial score (nSPS) is 10.2. The Morgan fingerprint density at radius 1 is 1.38 bits per heavy atom. The first-order chi connectivity index (χ1) is 10.0. The third kappa shape index (κ3) is 4.42. The van der Waals surface area contributed by atoms with Gasteiger partial charge in [-0.2, -0.15) is 0 Å². The fourth-order valence-electron chi connectivity index (χ4n) is 1.94. The lowest BCUT2D eigenvalue weighted by Crippen LogP contribution is -2.28. The van der Waals surface area contributed by atoms with Crippen molar-refractivity contribution in [3.05, 3.63) is 33.9 Å².